The molecule has 1 aromatic carbocycles. The summed E-state index contributed by atoms with van der Waals surface area (Å²) >= 11 is 13.2. The monoisotopic (exact) mass is 558 g/mol. The number of hydrogen-bond acceptors (Lipinski definition) is 5. The van der Waals surface area contributed by atoms with Crippen LogP contribution in [0.1, 0.15) is 42.7 Å². The van der Waals surface area contributed by atoms with Crippen molar-refractivity contribution < 1.29 is 27.9 Å². The highest BCUT2D eigenvalue weighted by molar-refractivity contribution is 7.17. The minimum Gasteiger partial charge on any atom is -0.477 e. The van der Waals surface area contributed by atoms with E-state index in [4.69, 9.17) is 23.2 Å². The molecule has 5 rings (SSSR count). The van der Waals surface area contributed by atoms with Crippen molar-refractivity contribution in [2.75, 3.05) is 18.0 Å². The molecule has 1 aliphatic heterocycles. The van der Waals surface area contributed by atoms with Crippen LogP contribution in [-0.2, 0) is 12.6 Å². The molecule has 2 fully saturated rings. The summed E-state index contributed by atoms with van der Waals surface area (Å²) in [7, 11) is 0. The Bertz CT molecular complexity index is 1340. The molecule has 13 heteroatoms. The number of carbonyl (C=O) groups is 2. The summed E-state index contributed by atoms with van der Waals surface area (Å²) in [6.45, 7) is 2.92. The second-order valence-electron chi connectivity index (χ2n) is 8.93. The van der Waals surface area contributed by atoms with Gasteiger partial charge in [0, 0.05) is 43.1 Å². The Morgan fingerprint density at radius 3 is 2.36 bits per heavy atom. The molecule has 0 radical (unpaired) electrons. The second kappa shape index (κ2) is 8.97. The fourth-order valence-electron chi connectivity index (χ4n) is 4.61. The number of thiazole rings is 1. The number of carbonyl (C=O) groups excluding carboxylic acids is 1. The van der Waals surface area contributed by atoms with Crippen LogP contribution in [0.5, 0.6) is 0 Å². The number of rotatable bonds is 6. The van der Waals surface area contributed by atoms with Gasteiger partial charge in [0.05, 0.1) is 21.3 Å². The van der Waals surface area contributed by atoms with E-state index in [1.54, 1.807) is 6.92 Å². The van der Waals surface area contributed by atoms with Crippen molar-refractivity contribution in [1.82, 2.24) is 15.3 Å². The van der Waals surface area contributed by atoms with Gasteiger partial charge in [0.15, 0.2) is 5.13 Å². The van der Waals surface area contributed by atoms with E-state index >= 15 is 0 Å². The summed E-state index contributed by atoms with van der Waals surface area (Å²) in [5.74, 6) is -1.08. The van der Waals surface area contributed by atoms with Gasteiger partial charge in [-0.2, -0.15) is 13.2 Å². The van der Waals surface area contributed by atoms with Crippen molar-refractivity contribution in [1.29, 1.82) is 0 Å². The number of aryl methyl sites for hydroxylation is 1. The van der Waals surface area contributed by atoms with Crippen LogP contribution in [0.25, 0.3) is 0 Å². The number of fused-ring (bicyclic) bond motifs is 1. The Labute approximate surface area is 217 Å². The van der Waals surface area contributed by atoms with Gasteiger partial charge in [0.2, 0.25) is 0 Å². The fourth-order valence-corrected chi connectivity index (χ4v) is 5.97. The molecule has 3 heterocycles. The molecule has 1 amide bonds. The molecule has 1 saturated heterocycles. The van der Waals surface area contributed by atoms with Crippen LogP contribution in [0.3, 0.4) is 0 Å². The van der Waals surface area contributed by atoms with E-state index in [1.807, 2.05) is 4.90 Å². The molecule has 36 heavy (non-hydrogen) atoms. The highest BCUT2D eigenvalue weighted by Gasteiger charge is 2.57. The number of anilines is 1. The number of alkyl halides is 3. The maximum absolute atomic E-state index is 12.8. The lowest BCUT2D eigenvalue weighted by Crippen LogP contribution is -2.34. The Morgan fingerprint density at radius 1 is 1.19 bits per heavy atom. The first-order valence-corrected chi connectivity index (χ1v) is 12.5. The summed E-state index contributed by atoms with van der Waals surface area (Å²) in [5, 5.41) is 13.7. The van der Waals surface area contributed by atoms with Crippen molar-refractivity contribution in [2.45, 2.75) is 25.6 Å². The van der Waals surface area contributed by atoms with Crippen LogP contribution < -0.4 is 10.2 Å². The number of nitrogens with one attached hydrogen (secondary N) is 2. The summed E-state index contributed by atoms with van der Waals surface area (Å²) < 4.78 is 38.4. The molecular weight excluding hydrogens is 540 g/mol. The van der Waals surface area contributed by atoms with Crippen molar-refractivity contribution >= 4 is 51.5 Å². The minimum absolute atomic E-state index is 0.0299. The Hall–Kier alpha value is -2.76. The second-order valence-corrected chi connectivity index (χ2v) is 10.7. The van der Waals surface area contributed by atoms with Crippen LogP contribution in [0.4, 0.5) is 18.3 Å². The zero-order valence-electron chi connectivity index (χ0n) is 18.6. The maximum atomic E-state index is 12.8. The lowest BCUT2D eigenvalue weighted by atomic mass is 10.1. The SMILES string of the molecule is Cc1[nH]c(C(=O)N[C@H]2[C@@H]3CN(c4nc(Cc5ccc(C(F)(F)F)cc5)c(C(=O)O)s4)C[C@@H]32)c(Cl)c1Cl. The van der Waals surface area contributed by atoms with Gasteiger partial charge >= 0.3 is 12.1 Å². The highest BCUT2D eigenvalue weighted by atomic mass is 35.5. The number of amides is 1. The minimum atomic E-state index is -4.44. The first-order chi connectivity index (χ1) is 16.9. The smallest absolute Gasteiger partial charge is 0.416 e. The molecule has 7 nitrogen and oxygen atoms in total. The van der Waals surface area contributed by atoms with Gasteiger partial charge in [-0.25, -0.2) is 9.78 Å². The standard InChI is InChI=1S/C23H19Cl2F3N4O3S/c1-9-15(24)16(25)18(29-9)20(33)31-17-12-7-32(8-13(12)17)22-30-14(19(36-22)21(34)35)6-10-2-4-11(5-3-10)23(26,27)28/h2-5,12-13,17,29H,6-8H2,1H3,(H,31,33)(H,34,35)/t12-,13+,17+. The van der Waals surface area contributed by atoms with Gasteiger partial charge in [-0.05, 0) is 24.6 Å². The van der Waals surface area contributed by atoms with E-state index in [9.17, 15) is 27.9 Å². The lowest BCUT2D eigenvalue weighted by Gasteiger charge is -2.19. The quantitative estimate of drug-likeness (QED) is 0.383. The van der Waals surface area contributed by atoms with Crippen LogP contribution in [-0.4, -0.2) is 46.1 Å². The predicted octanol–water partition coefficient (Wildman–Crippen LogP) is 5.26. The number of piperidine rings is 1. The third-order valence-corrected chi connectivity index (χ3v) is 8.67. The zero-order valence-corrected chi connectivity index (χ0v) is 20.9. The Balaban J connectivity index is 1.24. The number of aromatic amines is 1. The third-order valence-electron chi connectivity index (χ3n) is 6.58. The molecule has 190 valence electrons. The molecule has 1 aliphatic carbocycles. The topological polar surface area (TPSA) is 98.3 Å². The first kappa shape index (κ1) is 24.9. The summed E-state index contributed by atoms with van der Waals surface area (Å²) in [4.78, 5) is 33.8. The molecule has 3 N–H and O–H groups in total. The number of nitrogens with zero attached hydrogens (tertiary/aromatic N) is 2. The van der Waals surface area contributed by atoms with Gasteiger partial charge in [-0.3, -0.25) is 4.79 Å². The van der Waals surface area contributed by atoms with E-state index in [-0.39, 0.29) is 45.8 Å². The largest absolute Gasteiger partial charge is 0.477 e. The Kier molecular flexibility index (Phi) is 6.20. The molecule has 3 aromatic rings. The van der Waals surface area contributed by atoms with E-state index in [0.29, 0.717) is 40.2 Å². The molecular formula is C23H19Cl2F3N4O3S. The number of carboxylic acid groups (broad SMARTS) is 1. The highest BCUT2D eigenvalue weighted by Crippen LogP contribution is 2.48. The number of benzene rings is 1. The molecule has 0 unspecified atom stereocenters. The Morgan fingerprint density at radius 2 is 1.83 bits per heavy atom. The average Bonchev–Trinajstić information content (AvgIpc) is 3.18. The van der Waals surface area contributed by atoms with Crippen LogP contribution >= 0.6 is 34.5 Å². The number of aromatic carboxylic acids is 1. The lowest BCUT2D eigenvalue weighted by molar-refractivity contribution is -0.137. The molecule has 3 atom stereocenters. The number of halogens is 5. The van der Waals surface area contributed by atoms with E-state index in [1.165, 1.54) is 12.1 Å². The van der Waals surface area contributed by atoms with E-state index < -0.39 is 17.7 Å². The predicted molar refractivity (Wildman–Crippen MR) is 129 cm³/mol. The van der Waals surface area contributed by atoms with Gasteiger partial charge in [-0.1, -0.05) is 46.7 Å². The first-order valence-electron chi connectivity index (χ1n) is 10.9. The fraction of sp³-hybridized carbons (Fsp3) is 0.348. The molecule has 0 bridgehead atoms. The average molecular weight is 559 g/mol. The van der Waals surface area contributed by atoms with Crippen molar-refractivity contribution in [3.05, 3.63) is 67.4 Å². The van der Waals surface area contributed by atoms with Gasteiger partial charge in [0.1, 0.15) is 10.6 Å². The van der Waals surface area contributed by atoms with Gasteiger partial charge in [-0.15, -0.1) is 0 Å². The van der Waals surface area contributed by atoms with Crippen LogP contribution in [0, 0.1) is 18.8 Å². The molecule has 1 saturated carbocycles. The van der Waals surface area contributed by atoms with Crippen molar-refractivity contribution in [3.8, 4) is 0 Å². The normalized spacial score (nSPS) is 20.9. The third kappa shape index (κ3) is 4.55. The van der Waals surface area contributed by atoms with Gasteiger partial charge < -0.3 is 20.3 Å². The molecule has 0 spiro atoms. The number of H-pyrrole nitrogens is 1. The summed E-state index contributed by atoms with van der Waals surface area (Å²) in [6.07, 6.45) is -4.33. The van der Waals surface area contributed by atoms with E-state index in [2.05, 4.69) is 15.3 Å². The summed E-state index contributed by atoms with van der Waals surface area (Å²) in [6, 6.07) is 4.58. The maximum Gasteiger partial charge on any atom is 0.416 e. The van der Waals surface area contributed by atoms with Crippen LogP contribution in [0.2, 0.25) is 10.0 Å². The number of aromatic nitrogens is 2. The van der Waals surface area contributed by atoms with Crippen molar-refractivity contribution in [2.24, 2.45) is 11.8 Å². The van der Waals surface area contributed by atoms with Gasteiger partial charge in [0.25, 0.3) is 5.91 Å². The summed E-state index contributed by atoms with van der Waals surface area (Å²) in [5.41, 5.74) is 0.909. The van der Waals surface area contributed by atoms with E-state index in [0.717, 1.165) is 23.5 Å². The molecule has 2 aromatic heterocycles. The number of carboxylic acids is 1. The zero-order chi connectivity index (χ0) is 25.9. The van der Waals surface area contributed by atoms with Crippen LogP contribution in [0.15, 0.2) is 24.3 Å². The van der Waals surface area contributed by atoms with Crippen molar-refractivity contribution in [3.63, 3.8) is 0 Å². The molecule has 2 aliphatic rings. The number of hydrogen-bond donors (Lipinski definition) is 3.